The van der Waals surface area contributed by atoms with Crippen molar-refractivity contribution in [2.45, 2.75) is 45.2 Å². The number of benzene rings is 2. The molecule has 2 rings (SSSR count). The van der Waals surface area contributed by atoms with Crippen LogP contribution in [0.1, 0.15) is 43.4 Å². The van der Waals surface area contributed by atoms with Crippen LogP contribution in [0.15, 0.2) is 48.5 Å². The summed E-state index contributed by atoms with van der Waals surface area (Å²) in [5, 5.41) is 0.151. The van der Waals surface area contributed by atoms with Crippen LogP contribution in [0.25, 0.3) is 0 Å². The molecule has 0 fully saturated rings. The maximum absolute atomic E-state index is 13.2. The minimum Gasteiger partial charge on any atom is -0.207 e. The maximum Gasteiger partial charge on any atom is 0.138 e. The van der Waals surface area contributed by atoms with Crippen LogP contribution in [0.4, 0.5) is 4.39 Å². The topological polar surface area (TPSA) is 0 Å². The lowest BCUT2D eigenvalue weighted by molar-refractivity contribution is 0.550. The molecule has 0 aliphatic rings. The Kier molecular flexibility index (Phi) is 5.22. The van der Waals surface area contributed by atoms with E-state index in [1.165, 1.54) is 16.7 Å². The molecule has 21 heavy (non-hydrogen) atoms. The molecule has 0 unspecified atom stereocenters. The molecule has 0 saturated carbocycles. The molecule has 0 atom stereocenters. The predicted molar refractivity (Wildman–Crippen MR) is 90.7 cm³/mol. The molecule has 0 aliphatic heterocycles. The number of rotatable bonds is 6. The van der Waals surface area contributed by atoms with Crippen molar-refractivity contribution in [2.24, 2.45) is 0 Å². The molecule has 0 aromatic heterocycles. The summed E-state index contributed by atoms with van der Waals surface area (Å²) in [7, 11) is 1.11. The van der Waals surface area contributed by atoms with Crippen LogP contribution < -0.4 is 0 Å². The van der Waals surface area contributed by atoms with Crippen molar-refractivity contribution in [1.82, 2.24) is 0 Å². The second kappa shape index (κ2) is 6.93. The molecule has 0 bridgehead atoms. The summed E-state index contributed by atoms with van der Waals surface area (Å²) in [6.07, 6.45) is 3.24. The van der Waals surface area contributed by atoms with E-state index in [-0.39, 0.29) is 11.1 Å². The molecule has 0 nitrogen and oxygen atoms in total. The summed E-state index contributed by atoms with van der Waals surface area (Å²) in [5.41, 5.74) is 3.95. The first-order chi connectivity index (χ1) is 10.1. The van der Waals surface area contributed by atoms with Gasteiger partial charge in [0.25, 0.3) is 0 Å². The average molecular weight is 282 g/mol. The van der Waals surface area contributed by atoms with Gasteiger partial charge in [0.15, 0.2) is 0 Å². The van der Waals surface area contributed by atoms with Gasteiger partial charge in [0.2, 0.25) is 0 Å². The fourth-order valence-electron chi connectivity index (χ4n) is 3.10. The Morgan fingerprint density at radius 2 is 1.48 bits per heavy atom. The van der Waals surface area contributed by atoms with E-state index in [9.17, 15) is 4.39 Å². The van der Waals surface area contributed by atoms with Crippen molar-refractivity contribution in [2.75, 3.05) is 0 Å². The molecule has 2 heteroatoms. The van der Waals surface area contributed by atoms with Gasteiger partial charge in [-0.1, -0.05) is 80.5 Å². The molecular formula is C19H24BF. The van der Waals surface area contributed by atoms with Crippen molar-refractivity contribution < 1.29 is 4.39 Å². The van der Waals surface area contributed by atoms with E-state index >= 15 is 0 Å². The van der Waals surface area contributed by atoms with Crippen molar-refractivity contribution in [3.05, 3.63) is 71.0 Å². The lowest BCUT2D eigenvalue weighted by atomic mass is 9.45. The summed E-state index contributed by atoms with van der Waals surface area (Å²) in [6.45, 7) is 6.59. The summed E-state index contributed by atoms with van der Waals surface area (Å²) in [5.74, 6) is -0.154. The van der Waals surface area contributed by atoms with Gasteiger partial charge in [-0.3, -0.25) is 0 Å². The summed E-state index contributed by atoms with van der Waals surface area (Å²) >= 11 is 0. The average Bonchev–Trinajstić information content (AvgIpc) is 2.52. The first kappa shape index (κ1) is 15.8. The van der Waals surface area contributed by atoms with Crippen LogP contribution in [0.5, 0.6) is 0 Å². The fraction of sp³-hybridized carbons (Fsp3) is 0.368. The first-order valence-corrected chi connectivity index (χ1v) is 7.91. The molecule has 0 N–H and O–H groups in total. The van der Waals surface area contributed by atoms with Crippen molar-refractivity contribution in [1.29, 1.82) is 0 Å². The van der Waals surface area contributed by atoms with Crippen LogP contribution in [0, 0.1) is 12.7 Å². The number of aryl methyl sites for hydroxylation is 1. The van der Waals surface area contributed by atoms with Crippen LogP contribution in [0.3, 0.4) is 0 Å². The zero-order valence-electron chi connectivity index (χ0n) is 13.3. The van der Waals surface area contributed by atoms with Gasteiger partial charge in [-0.15, -0.1) is 0 Å². The quantitative estimate of drug-likeness (QED) is 0.668. The molecule has 0 aliphatic carbocycles. The molecule has 0 heterocycles. The second-order valence-electron chi connectivity index (χ2n) is 5.98. The summed E-state index contributed by atoms with van der Waals surface area (Å²) in [4.78, 5) is 0. The van der Waals surface area contributed by atoms with E-state index in [2.05, 4.69) is 45.0 Å². The minimum absolute atomic E-state index is 0.151. The standard InChI is InChI=1S/C19H24BF/c1-4-19(5-2,17-10-12-18(21)13-11-17)20-14-16-8-6-15(3)7-9-16/h6-13,20H,4-5,14H2,1-3H3. The number of hydrogen-bond acceptors (Lipinski definition) is 0. The Morgan fingerprint density at radius 3 is 2.00 bits per heavy atom. The Balaban J connectivity index is 2.17. The SMILES string of the molecule is CCC(BCc1ccc(C)cc1)(CC)c1ccc(F)cc1. The lowest BCUT2D eigenvalue weighted by Crippen LogP contribution is -2.33. The number of hydrogen-bond donors (Lipinski definition) is 0. The third-order valence-corrected chi connectivity index (χ3v) is 4.82. The van der Waals surface area contributed by atoms with Gasteiger partial charge in [-0.05, 0) is 29.9 Å². The van der Waals surface area contributed by atoms with Gasteiger partial charge in [0.1, 0.15) is 13.1 Å². The van der Waals surface area contributed by atoms with E-state index < -0.39 is 0 Å². The highest BCUT2D eigenvalue weighted by atomic mass is 19.1. The Labute approximate surface area is 128 Å². The highest BCUT2D eigenvalue weighted by Crippen LogP contribution is 2.31. The fourth-order valence-corrected chi connectivity index (χ4v) is 3.10. The lowest BCUT2D eigenvalue weighted by Gasteiger charge is -2.32. The minimum atomic E-state index is -0.154. The van der Waals surface area contributed by atoms with Gasteiger partial charge >= 0.3 is 0 Å². The smallest absolute Gasteiger partial charge is 0.138 e. The molecule has 2 aromatic carbocycles. The Morgan fingerprint density at radius 1 is 0.905 bits per heavy atom. The van der Waals surface area contributed by atoms with Crippen molar-refractivity contribution in [3.8, 4) is 0 Å². The van der Waals surface area contributed by atoms with Gasteiger partial charge < -0.3 is 0 Å². The second-order valence-corrected chi connectivity index (χ2v) is 5.98. The first-order valence-electron chi connectivity index (χ1n) is 7.91. The molecule has 0 saturated heterocycles. The van der Waals surface area contributed by atoms with E-state index in [0.29, 0.717) is 0 Å². The molecular weight excluding hydrogens is 258 g/mol. The largest absolute Gasteiger partial charge is 0.207 e. The zero-order chi connectivity index (χ0) is 15.3. The van der Waals surface area contributed by atoms with Crippen LogP contribution in [-0.4, -0.2) is 7.28 Å². The third kappa shape index (κ3) is 3.75. The van der Waals surface area contributed by atoms with Crippen LogP contribution >= 0.6 is 0 Å². The van der Waals surface area contributed by atoms with E-state index in [1.54, 1.807) is 12.1 Å². The van der Waals surface area contributed by atoms with Crippen molar-refractivity contribution in [3.63, 3.8) is 0 Å². The predicted octanol–water partition coefficient (Wildman–Crippen LogP) is 4.79. The van der Waals surface area contributed by atoms with Gasteiger partial charge in [-0.25, -0.2) is 4.39 Å². The van der Waals surface area contributed by atoms with Gasteiger partial charge in [0.05, 0.1) is 0 Å². The van der Waals surface area contributed by atoms with E-state index in [0.717, 1.165) is 26.4 Å². The maximum atomic E-state index is 13.2. The molecule has 2 aromatic rings. The monoisotopic (exact) mass is 282 g/mol. The number of halogens is 1. The van der Waals surface area contributed by atoms with Crippen LogP contribution in [-0.2, 0) is 11.6 Å². The van der Waals surface area contributed by atoms with Crippen molar-refractivity contribution >= 4 is 7.28 Å². The molecule has 0 radical (unpaired) electrons. The Bertz CT molecular complexity index is 553. The molecule has 0 spiro atoms. The van der Waals surface area contributed by atoms with Gasteiger partial charge in [0, 0.05) is 0 Å². The Hall–Kier alpha value is -1.57. The summed E-state index contributed by atoms with van der Waals surface area (Å²) < 4.78 is 13.2. The van der Waals surface area contributed by atoms with E-state index in [1.807, 2.05) is 12.1 Å². The zero-order valence-corrected chi connectivity index (χ0v) is 13.3. The van der Waals surface area contributed by atoms with Crippen LogP contribution in [0.2, 0.25) is 0 Å². The highest BCUT2D eigenvalue weighted by Gasteiger charge is 2.29. The summed E-state index contributed by atoms with van der Waals surface area (Å²) in [6, 6.07) is 15.9. The normalized spacial score (nSPS) is 11.4. The molecule has 0 amide bonds. The highest BCUT2D eigenvalue weighted by molar-refractivity contribution is 6.39. The third-order valence-electron chi connectivity index (χ3n) is 4.82. The van der Waals surface area contributed by atoms with E-state index in [4.69, 9.17) is 0 Å². The molecule has 110 valence electrons. The van der Waals surface area contributed by atoms with Gasteiger partial charge in [-0.2, -0.15) is 0 Å².